The fourth-order valence-corrected chi connectivity index (χ4v) is 2.16. The van der Waals surface area contributed by atoms with Crippen LogP contribution in [-0.2, 0) is 0 Å². The van der Waals surface area contributed by atoms with Crippen molar-refractivity contribution in [2.75, 3.05) is 31.6 Å². The van der Waals surface area contributed by atoms with E-state index < -0.39 is 0 Å². The maximum absolute atomic E-state index is 12.3. The van der Waals surface area contributed by atoms with Crippen LogP contribution in [0.3, 0.4) is 0 Å². The summed E-state index contributed by atoms with van der Waals surface area (Å²) < 4.78 is 5.59. The van der Waals surface area contributed by atoms with E-state index in [-0.39, 0.29) is 17.9 Å². The van der Waals surface area contributed by atoms with E-state index in [2.05, 4.69) is 10.6 Å². The summed E-state index contributed by atoms with van der Waals surface area (Å²) in [5.74, 6) is 0.479. The molecule has 0 bridgehead atoms. The Bertz CT molecular complexity index is 486. The van der Waals surface area contributed by atoms with E-state index in [1.54, 1.807) is 6.07 Å². The van der Waals surface area contributed by atoms with Crippen LogP contribution in [0.1, 0.15) is 30.6 Å². The lowest BCUT2D eigenvalue weighted by Crippen LogP contribution is -2.35. The second kappa shape index (κ2) is 6.13. The minimum absolute atomic E-state index is 0.122. The third-order valence-corrected chi connectivity index (χ3v) is 3.44. The molecule has 0 saturated heterocycles. The topological polar surface area (TPSA) is 70.6 Å². The van der Waals surface area contributed by atoms with Crippen LogP contribution in [0.15, 0.2) is 18.2 Å². The molecule has 0 radical (unpaired) electrons. The highest BCUT2D eigenvalue weighted by molar-refractivity contribution is 5.99. The number of carbonyl (C=O) groups is 1. The molecule has 1 heterocycles. The number of aliphatic hydroxyl groups excluding tert-OH is 1. The molecule has 0 atom stereocenters. The van der Waals surface area contributed by atoms with Crippen molar-refractivity contribution in [2.24, 2.45) is 5.41 Å². The van der Waals surface area contributed by atoms with Gasteiger partial charge in [-0.05, 0) is 24.0 Å². The number of benzene rings is 1. The smallest absolute Gasteiger partial charge is 0.255 e. The van der Waals surface area contributed by atoms with Gasteiger partial charge in [0.1, 0.15) is 6.61 Å². The average Bonchev–Trinajstić information content (AvgIpc) is 2.44. The molecule has 2 rings (SSSR count). The number of amides is 1. The Morgan fingerprint density at radius 1 is 1.50 bits per heavy atom. The van der Waals surface area contributed by atoms with Gasteiger partial charge in [0.2, 0.25) is 0 Å². The number of para-hydroxylation sites is 1. The van der Waals surface area contributed by atoms with Crippen LogP contribution in [0.2, 0.25) is 0 Å². The minimum atomic E-state index is -0.142. The van der Waals surface area contributed by atoms with Crippen LogP contribution < -0.4 is 15.4 Å². The molecule has 20 heavy (non-hydrogen) atoms. The first-order chi connectivity index (χ1) is 9.53. The number of fused-ring (bicyclic) bond motifs is 1. The van der Waals surface area contributed by atoms with Crippen molar-refractivity contribution in [2.45, 2.75) is 20.3 Å². The van der Waals surface area contributed by atoms with Crippen molar-refractivity contribution in [3.8, 4) is 5.75 Å². The summed E-state index contributed by atoms with van der Waals surface area (Å²) >= 11 is 0. The highest BCUT2D eigenvalue weighted by Gasteiger charge is 2.22. The van der Waals surface area contributed by atoms with E-state index in [0.717, 1.165) is 12.2 Å². The zero-order valence-electron chi connectivity index (χ0n) is 12.0. The predicted molar refractivity (Wildman–Crippen MR) is 78.2 cm³/mol. The lowest BCUT2D eigenvalue weighted by atomic mass is 9.89. The molecule has 3 N–H and O–H groups in total. The molecule has 0 spiro atoms. The first-order valence-electron chi connectivity index (χ1n) is 6.92. The van der Waals surface area contributed by atoms with Gasteiger partial charge < -0.3 is 20.5 Å². The lowest BCUT2D eigenvalue weighted by molar-refractivity contribution is 0.0924. The van der Waals surface area contributed by atoms with Crippen LogP contribution in [0.25, 0.3) is 0 Å². The van der Waals surface area contributed by atoms with Gasteiger partial charge in [0.15, 0.2) is 5.75 Å². The third kappa shape index (κ3) is 3.42. The van der Waals surface area contributed by atoms with Gasteiger partial charge in [-0.15, -0.1) is 0 Å². The number of ether oxygens (including phenoxy) is 1. The summed E-state index contributed by atoms with van der Waals surface area (Å²) in [6, 6.07) is 5.51. The van der Waals surface area contributed by atoms with Crippen molar-refractivity contribution in [3.63, 3.8) is 0 Å². The quantitative estimate of drug-likeness (QED) is 0.765. The standard InChI is InChI=1S/C15H22N2O3/c1-15(2,6-8-18)10-17-14(19)11-4-3-5-12-13(11)20-9-7-16-12/h3-5,16,18H,6-10H2,1-2H3,(H,17,19). The summed E-state index contributed by atoms with van der Waals surface area (Å²) in [5.41, 5.74) is 1.28. The molecule has 0 aliphatic carbocycles. The predicted octanol–water partition coefficient (Wildman–Crippen LogP) is 1.63. The molecule has 110 valence electrons. The summed E-state index contributed by atoms with van der Waals surface area (Å²) in [7, 11) is 0. The normalized spacial score (nSPS) is 13.9. The van der Waals surface area contributed by atoms with Crippen LogP contribution in [0, 0.1) is 5.41 Å². The van der Waals surface area contributed by atoms with Gasteiger partial charge >= 0.3 is 0 Å². The first-order valence-corrected chi connectivity index (χ1v) is 6.92. The average molecular weight is 278 g/mol. The highest BCUT2D eigenvalue weighted by Crippen LogP contribution is 2.31. The van der Waals surface area contributed by atoms with Gasteiger partial charge in [0.05, 0.1) is 11.3 Å². The van der Waals surface area contributed by atoms with Gasteiger partial charge in [0.25, 0.3) is 5.91 Å². The number of anilines is 1. The Morgan fingerprint density at radius 2 is 2.30 bits per heavy atom. The van der Waals surface area contributed by atoms with E-state index in [4.69, 9.17) is 9.84 Å². The van der Waals surface area contributed by atoms with Crippen LogP contribution in [-0.4, -0.2) is 37.3 Å². The zero-order chi connectivity index (χ0) is 14.6. The maximum Gasteiger partial charge on any atom is 0.255 e. The number of rotatable bonds is 5. The van der Waals surface area contributed by atoms with Crippen molar-refractivity contribution in [1.82, 2.24) is 5.32 Å². The van der Waals surface area contributed by atoms with Crippen LogP contribution >= 0.6 is 0 Å². The van der Waals surface area contributed by atoms with E-state index in [1.807, 2.05) is 26.0 Å². The molecule has 0 fully saturated rings. The summed E-state index contributed by atoms with van der Waals surface area (Å²) in [5, 5.41) is 15.1. The van der Waals surface area contributed by atoms with E-state index >= 15 is 0 Å². The van der Waals surface area contributed by atoms with Crippen LogP contribution in [0.4, 0.5) is 5.69 Å². The fourth-order valence-electron chi connectivity index (χ4n) is 2.16. The number of hydrogen-bond acceptors (Lipinski definition) is 4. The monoisotopic (exact) mass is 278 g/mol. The van der Waals surface area contributed by atoms with E-state index in [0.29, 0.717) is 30.9 Å². The van der Waals surface area contributed by atoms with E-state index in [9.17, 15) is 4.79 Å². The van der Waals surface area contributed by atoms with Gasteiger partial charge in [-0.1, -0.05) is 19.9 Å². The molecule has 1 aromatic rings. The molecule has 5 heteroatoms. The SMILES string of the molecule is CC(C)(CCO)CNC(=O)c1cccc2c1OCCN2. The zero-order valence-corrected chi connectivity index (χ0v) is 12.0. The molecule has 1 aliphatic rings. The molecule has 0 saturated carbocycles. The molecule has 5 nitrogen and oxygen atoms in total. The Morgan fingerprint density at radius 3 is 3.05 bits per heavy atom. The van der Waals surface area contributed by atoms with Crippen molar-refractivity contribution in [1.29, 1.82) is 0 Å². The highest BCUT2D eigenvalue weighted by atomic mass is 16.5. The number of nitrogens with one attached hydrogen (secondary N) is 2. The molecular weight excluding hydrogens is 256 g/mol. The van der Waals surface area contributed by atoms with Gasteiger partial charge in [-0.2, -0.15) is 0 Å². The van der Waals surface area contributed by atoms with Gasteiger partial charge in [-0.25, -0.2) is 0 Å². The molecule has 1 aliphatic heterocycles. The number of hydrogen-bond donors (Lipinski definition) is 3. The third-order valence-electron chi connectivity index (χ3n) is 3.44. The maximum atomic E-state index is 12.3. The summed E-state index contributed by atoms with van der Waals surface area (Å²) in [6.07, 6.45) is 0.651. The Labute approximate surface area is 119 Å². The van der Waals surface area contributed by atoms with E-state index in [1.165, 1.54) is 0 Å². The second-order valence-electron chi connectivity index (χ2n) is 5.78. The lowest BCUT2D eigenvalue weighted by Gasteiger charge is -2.25. The van der Waals surface area contributed by atoms with Gasteiger partial charge in [-0.3, -0.25) is 4.79 Å². The Hall–Kier alpha value is -1.75. The molecular formula is C15H22N2O3. The van der Waals surface area contributed by atoms with Gasteiger partial charge in [0, 0.05) is 19.7 Å². The Balaban J connectivity index is 2.06. The minimum Gasteiger partial charge on any atom is -0.489 e. The van der Waals surface area contributed by atoms with Crippen molar-refractivity contribution >= 4 is 11.6 Å². The molecule has 0 unspecified atom stereocenters. The Kier molecular flexibility index (Phi) is 4.49. The second-order valence-corrected chi connectivity index (χ2v) is 5.78. The summed E-state index contributed by atoms with van der Waals surface area (Å²) in [6.45, 7) is 5.99. The van der Waals surface area contributed by atoms with Crippen molar-refractivity contribution < 1.29 is 14.6 Å². The molecule has 1 aromatic carbocycles. The largest absolute Gasteiger partial charge is 0.489 e. The number of carbonyl (C=O) groups excluding carboxylic acids is 1. The van der Waals surface area contributed by atoms with Crippen LogP contribution in [0.5, 0.6) is 5.75 Å². The molecule has 1 amide bonds. The summed E-state index contributed by atoms with van der Waals surface area (Å²) in [4.78, 5) is 12.3. The number of aliphatic hydroxyl groups is 1. The molecule has 0 aromatic heterocycles. The fraction of sp³-hybridized carbons (Fsp3) is 0.533. The first kappa shape index (κ1) is 14.7. The van der Waals surface area contributed by atoms with Crippen molar-refractivity contribution in [3.05, 3.63) is 23.8 Å².